The van der Waals surface area contributed by atoms with Gasteiger partial charge in [0.05, 0.1) is 49.3 Å². The van der Waals surface area contributed by atoms with Crippen LogP contribution in [0.15, 0.2) is 0 Å². The third-order valence-corrected chi connectivity index (χ3v) is 10.9. The van der Waals surface area contributed by atoms with Crippen molar-refractivity contribution in [2.75, 3.05) is 27.4 Å². The summed E-state index contributed by atoms with van der Waals surface area (Å²) in [6.07, 6.45) is -23.0. The van der Waals surface area contributed by atoms with E-state index in [9.17, 15) is 55.5 Å². The van der Waals surface area contributed by atoms with Crippen molar-refractivity contribution in [3.05, 3.63) is 0 Å². The van der Waals surface area contributed by atoms with Gasteiger partial charge in [0.2, 0.25) is 0 Å². The van der Waals surface area contributed by atoms with Gasteiger partial charge in [-0.2, -0.15) is 0 Å². The molecule has 300 valence electrons. The van der Waals surface area contributed by atoms with Gasteiger partial charge in [-0.15, -0.1) is 0 Å². The van der Waals surface area contributed by atoms with E-state index in [-0.39, 0.29) is 32.1 Å². The Balaban J connectivity index is 1.40. The number of aliphatic carboxylic acids is 1. The van der Waals surface area contributed by atoms with Gasteiger partial charge in [-0.1, -0.05) is 0 Å². The molecule has 3 heterocycles. The Hall–Kier alpha value is -1.70. The van der Waals surface area contributed by atoms with E-state index in [2.05, 4.69) is 0 Å². The van der Waals surface area contributed by atoms with E-state index in [1.165, 1.54) is 14.2 Å². The van der Waals surface area contributed by atoms with E-state index in [0.29, 0.717) is 0 Å². The number of hydrogen-bond donors (Lipinski definition) is 10. The van der Waals surface area contributed by atoms with Crippen LogP contribution >= 0.6 is 0 Å². The summed E-state index contributed by atoms with van der Waals surface area (Å²) in [6, 6.07) is 0. The van der Waals surface area contributed by atoms with E-state index in [4.69, 9.17) is 43.0 Å². The van der Waals surface area contributed by atoms with Crippen molar-refractivity contribution in [2.24, 2.45) is 11.8 Å². The summed E-state index contributed by atoms with van der Waals surface area (Å²) in [7, 11) is 2.88. The molecular weight excluding hydrogens is 704 g/mol. The molecule has 0 amide bonds. The second-order valence-electron chi connectivity index (χ2n) is 14.2. The van der Waals surface area contributed by atoms with E-state index >= 15 is 0 Å². The van der Waals surface area contributed by atoms with Crippen LogP contribution in [-0.4, -0.2) is 201 Å². The molecule has 20 heteroatoms. The Bertz CT molecular complexity index is 1160. The van der Waals surface area contributed by atoms with E-state index in [1.807, 2.05) is 0 Å². The van der Waals surface area contributed by atoms with Crippen molar-refractivity contribution in [1.29, 1.82) is 0 Å². The van der Waals surface area contributed by atoms with Crippen LogP contribution in [0, 0.1) is 11.8 Å². The van der Waals surface area contributed by atoms with Gasteiger partial charge in [0.1, 0.15) is 68.0 Å². The summed E-state index contributed by atoms with van der Waals surface area (Å²) >= 11 is 0. The lowest BCUT2D eigenvalue weighted by atomic mass is 9.72. The zero-order valence-corrected chi connectivity index (χ0v) is 28.8. The highest BCUT2D eigenvalue weighted by Crippen LogP contribution is 2.45. The number of carbonyl (C=O) groups excluding carboxylic acids is 1. The maximum absolute atomic E-state index is 11.9. The molecule has 0 aromatic heterocycles. The molecule has 18 atom stereocenters. The number of methoxy groups -OCH3 is 2. The molecule has 0 aromatic rings. The lowest BCUT2D eigenvalue weighted by Crippen LogP contribution is -2.63. The van der Waals surface area contributed by atoms with Crippen molar-refractivity contribution in [2.45, 2.75) is 149 Å². The standard InChI is InChI=1S/C32H52O20/c1-45-16-3-11(4-17(46-2)23(16)38)30-18(50-32-29(44)27(42)25(40)20(52-32)10-47-22(37)8-21(35)36)7-13-14(48-30)5-12(34)6-15(13)49-31-28(43)26(41)24(39)19(9-33)51-31/h11-20,23-34,38-44H,3-10H2,1-2H3,(H,35,36). The van der Waals surface area contributed by atoms with E-state index < -0.39 is 154 Å². The number of aliphatic hydroxyl groups is 9. The molecular formula is C32H52O20. The first-order chi connectivity index (χ1) is 24.7. The molecule has 5 fully saturated rings. The highest BCUT2D eigenvalue weighted by atomic mass is 16.7. The molecule has 0 aromatic carbocycles. The van der Waals surface area contributed by atoms with Gasteiger partial charge >= 0.3 is 11.9 Å². The first-order valence-corrected chi connectivity index (χ1v) is 17.4. The van der Waals surface area contributed by atoms with Crippen molar-refractivity contribution in [3.8, 4) is 0 Å². The largest absolute Gasteiger partial charge is 0.481 e. The lowest BCUT2D eigenvalue weighted by molar-refractivity contribution is -0.345. The van der Waals surface area contributed by atoms with Crippen LogP contribution in [-0.2, 0) is 47.5 Å². The quantitative estimate of drug-likeness (QED) is 0.0659. The van der Waals surface area contributed by atoms with Gasteiger partial charge in [0.15, 0.2) is 12.6 Å². The predicted molar refractivity (Wildman–Crippen MR) is 166 cm³/mol. The lowest BCUT2D eigenvalue weighted by Gasteiger charge is -2.53. The third kappa shape index (κ3) is 9.05. The first-order valence-electron chi connectivity index (χ1n) is 17.4. The Kier molecular flexibility index (Phi) is 14.2. The molecule has 10 N–H and O–H groups in total. The molecule has 0 radical (unpaired) electrons. The zero-order valence-electron chi connectivity index (χ0n) is 28.8. The maximum Gasteiger partial charge on any atom is 0.317 e. The fraction of sp³-hybridized carbons (Fsp3) is 0.938. The average molecular weight is 757 g/mol. The van der Waals surface area contributed by atoms with Gasteiger partial charge in [-0.25, -0.2) is 0 Å². The van der Waals surface area contributed by atoms with Crippen molar-refractivity contribution in [1.82, 2.24) is 0 Å². The van der Waals surface area contributed by atoms with Crippen LogP contribution in [0.4, 0.5) is 0 Å². The van der Waals surface area contributed by atoms with E-state index in [1.54, 1.807) is 0 Å². The van der Waals surface area contributed by atoms with Gasteiger partial charge in [-0.3, -0.25) is 9.59 Å². The van der Waals surface area contributed by atoms with Gasteiger partial charge in [-0.05, 0) is 31.6 Å². The normalized spacial score (nSPS) is 48.4. The SMILES string of the molecule is COC1CC(C2OC3CC(O)CC(OC4OC(CO)C(O)C(O)C4O)C3CC2OC2OC(COC(=O)CC(=O)O)C(O)C(O)C2O)CC(OC)C1O. The number of rotatable bonds is 12. The van der Waals surface area contributed by atoms with Crippen LogP contribution < -0.4 is 0 Å². The van der Waals surface area contributed by atoms with Crippen molar-refractivity contribution >= 4 is 11.9 Å². The average Bonchev–Trinajstić information content (AvgIpc) is 3.11. The van der Waals surface area contributed by atoms with Crippen molar-refractivity contribution in [3.63, 3.8) is 0 Å². The summed E-state index contributed by atoms with van der Waals surface area (Å²) in [4.78, 5) is 22.8. The summed E-state index contributed by atoms with van der Waals surface area (Å²) in [6.45, 7) is -1.36. The van der Waals surface area contributed by atoms with Gasteiger partial charge in [0, 0.05) is 26.6 Å². The minimum absolute atomic E-state index is 0.0291. The Morgan fingerprint density at radius 1 is 0.635 bits per heavy atom. The zero-order chi connectivity index (χ0) is 38.0. The molecule has 5 aliphatic rings. The molecule has 20 nitrogen and oxygen atoms in total. The van der Waals surface area contributed by atoms with Gasteiger partial charge in [0.25, 0.3) is 0 Å². The molecule has 5 rings (SSSR count). The van der Waals surface area contributed by atoms with Crippen LogP contribution in [0.3, 0.4) is 0 Å². The number of fused-ring (bicyclic) bond motifs is 1. The smallest absolute Gasteiger partial charge is 0.317 e. The Labute approximate surface area is 298 Å². The number of carboxylic acid groups (broad SMARTS) is 1. The maximum atomic E-state index is 11.9. The Morgan fingerprint density at radius 3 is 1.75 bits per heavy atom. The number of ether oxygens (including phenoxy) is 8. The Morgan fingerprint density at radius 2 is 1.19 bits per heavy atom. The highest BCUT2D eigenvalue weighted by Gasteiger charge is 2.55. The highest BCUT2D eigenvalue weighted by molar-refractivity contribution is 5.90. The van der Waals surface area contributed by atoms with Crippen LogP contribution in [0.5, 0.6) is 0 Å². The molecule has 18 unspecified atom stereocenters. The van der Waals surface area contributed by atoms with Crippen LogP contribution in [0.25, 0.3) is 0 Å². The summed E-state index contributed by atoms with van der Waals surface area (Å²) in [5.41, 5.74) is 0. The van der Waals surface area contributed by atoms with Crippen molar-refractivity contribution < 1.29 is 98.5 Å². The molecule has 0 bridgehead atoms. The summed E-state index contributed by atoms with van der Waals surface area (Å²) in [5.74, 6) is -3.57. The number of esters is 1. The second-order valence-corrected chi connectivity index (χ2v) is 14.2. The minimum Gasteiger partial charge on any atom is -0.481 e. The molecule has 0 spiro atoms. The second kappa shape index (κ2) is 17.8. The predicted octanol–water partition coefficient (Wildman–Crippen LogP) is -4.89. The van der Waals surface area contributed by atoms with Crippen LogP contribution in [0.1, 0.15) is 38.5 Å². The van der Waals surface area contributed by atoms with Gasteiger partial charge < -0.3 is 89.0 Å². The molecule has 2 aliphatic carbocycles. The fourth-order valence-electron chi connectivity index (χ4n) is 8.07. The molecule has 3 saturated heterocycles. The number of carbonyl (C=O) groups is 2. The molecule has 3 aliphatic heterocycles. The first kappa shape index (κ1) is 41.5. The summed E-state index contributed by atoms with van der Waals surface area (Å²) < 4.78 is 46.5. The molecule has 52 heavy (non-hydrogen) atoms. The fourth-order valence-corrected chi connectivity index (χ4v) is 8.07. The number of hydrogen-bond acceptors (Lipinski definition) is 19. The van der Waals surface area contributed by atoms with Crippen LogP contribution in [0.2, 0.25) is 0 Å². The number of aliphatic hydroxyl groups excluding tert-OH is 9. The number of carboxylic acids is 1. The molecule has 2 saturated carbocycles. The van der Waals surface area contributed by atoms with E-state index in [0.717, 1.165) is 0 Å². The monoisotopic (exact) mass is 756 g/mol. The third-order valence-electron chi connectivity index (χ3n) is 10.9. The summed E-state index contributed by atoms with van der Waals surface area (Å²) in [5, 5.41) is 104. The topological polar surface area (TPSA) is 310 Å². The minimum atomic E-state index is -1.84.